The minimum atomic E-state index is -0.634. The highest BCUT2D eigenvalue weighted by Crippen LogP contribution is 2.40. The van der Waals surface area contributed by atoms with Crippen LogP contribution in [0.25, 0.3) is 0 Å². The van der Waals surface area contributed by atoms with Gasteiger partial charge >= 0.3 is 5.97 Å². The number of allylic oxidation sites excluding steroid dienone is 2. The lowest BCUT2D eigenvalue weighted by molar-refractivity contribution is -0.155. The molecule has 0 saturated heterocycles. The van der Waals surface area contributed by atoms with E-state index in [1.165, 1.54) is 6.92 Å². The molecule has 0 radical (unpaired) electrons. The Labute approximate surface area is 105 Å². The maximum Gasteiger partial charge on any atom is 0.307 e. The minimum Gasteiger partial charge on any atom is -0.460 e. The van der Waals surface area contributed by atoms with Gasteiger partial charge in [0.2, 0.25) is 0 Å². The smallest absolute Gasteiger partial charge is 0.307 e. The fourth-order valence-corrected chi connectivity index (χ4v) is 3.45. The van der Waals surface area contributed by atoms with Crippen LogP contribution in [0.2, 0.25) is 0 Å². The monoisotopic (exact) mass is 256 g/mol. The fourth-order valence-electron chi connectivity index (χ4n) is 1.56. The van der Waals surface area contributed by atoms with Crippen LogP contribution in [0.3, 0.4) is 0 Å². The summed E-state index contributed by atoms with van der Waals surface area (Å²) in [5.41, 5.74) is -0.493. The lowest BCUT2D eigenvalue weighted by Crippen LogP contribution is -2.28. The Bertz CT molecular complexity index is 351. The van der Waals surface area contributed by atoms with Crippen molar-refractivity contribution in [3.8, 4) is 0 Å². The summed E-state index contributed by atoms with van der Waals surface area (Å²) >= 11 is 0. The molecule has 1 atom stereocenters. The van der Waals surface area contributed by atoms with Gasteiger partial charge in [-0.3, -0.25) is 9.59 Å². The van der Waals surface area contributed by atoms with Gasteiger partial charge in [0.25, 0.3) is 0 Å². The quantitative estimate of drug-likeness (QED) is 0.621. The number of hydrogen-bond donors (Lipinski definition) is 1. The van der Waals surface area contributed by atoms with Crippen molar-refractivity contribution in [1.82, 2.24) is 0 Å². The number of carbonyl (C=O) groups is 2. The molecule has 0 aromatic heterocycles. The Kier molecular flexibility index (Phi) is 4.57. The normalized spacial score (nSPS) is 18.2. The third kappa shape index (κ3) is 4.77. The van der Waals surface area contributed by atoms with Crippen molar-refractivity contribution in [1.29, 1.82) is 0 Å². The molecule has 4 heteroatoms. The van der Waals surface area contributed by atoms with E-state index in [4.69, 9.17) is 4.74 Å². The first-order chi connectivity index (χ1) is 7.79. The predicted molar refractivity (Wildman–Crippen MR) is 72.2 cm³/mol. The van der Waals surface area contributed by atoms with E-state index in [-0.39, 0.29) is 23.4 Å². The minimum absolute atomic E-state index is 0.0539. The zero-order chi connectivity index (χ0) is 13.1. The molecule has 0 spiro atoms. The first-order valence-corrected chi connectivity index (χ1v) is 7.19. The molecule has 1 rings (SSSR count). The van der Waals surface area contributed by atoms with Gasteiger partial charge in [-0.1, -0.05) is 12.2 Å². The Morgan fingerprint density at radius 1 is 1.24 bits per heavy atom. The van der Waals surface area contributed by atoms with Crippen LogP contribution in [0.5, 0.6) is 0 Å². The summed E-state index contributed by atoms with van der Waals surface area (Å²) in [5, 5.41) is 3.77. The Hall–Kier alpha value is -1.03. The summed E-state index contributed by atoms with van der Waals surface area (Å²) in [6, 6.07) is 0. The van der Waals surface area contributed by atoms with E-state index >= 15 is 0 Å². The molecule has 0 amide bonds. The number of thiol groups is 1. The molecule has 0 aromatic carbocycles. The van der Waals surface area contributed by atoms with Gasteiger partial charge in [-0.15, -0.1) is 0 Å². The van der Waals surface area contributed by atoms with E-state index in [0.29, 0.717) is 0 Å². The molecule has 1 aliphatic heterocycles. The molecule has 0 fully saturated rings. The van der Waals surface area contributed by atoms with E-state index in [9.17, 15) is 9.59 Å². The van der Waals surface area contributed by atoms with Crippen molar-refractivity contribution < 1.29 is 14.3 Å². The average molecular weight is 256 g/mol. The summed E-state index contributed by atoms with van der Waals surface area (Å²) in [6.45, 7) is 7.02. The fraction of sp³-hybridized carbons (Fsp3) is 0.538. The number of carbonyl (C=O) groups excluding carboxylic acids is 2. The van der Waals surface area contributed by atoms with Crippen LogP contribution >= 0.6 is 10.9 Å². The third-order valence-electron chi connectivity index (χ3n) is 2.24. The molecule has 0 aromatic rings. The molecule has 1 aliphatic rings. The first kappa shape index (κ1) is 14.0. The number of rotatable bonds is 4. The van der Waals surface area contributed by atoms with Crippen molar-refractivity contribution >= 4 is 22.6 Å². The Morgan fingerprint density at radius 2 is 1.76 bits per heavy atom. The summed E-state index contributed by atoms with van der Waals surface area (Å²) in [7, 11) is -0.634. The highest BCUT2D eigenvalue weighted by molar-refractivity contribution is 8.23. The molecule has 96 valence electrons. The Balaban J connectivity index is 2.62. The number of hydrogen-bond acceptors (Lipinski definition) is 3. The van der Waals surface area contributed by atoms with Crippen LogP contribution in [0.15, 0.2) is 23.0 Å². The molecule has 0 saturated carbocycles. The van der Waals surface area contributed by atoms with E-state index < -0.39 is 16.5 Å². The molecular formula is C13H20O3S. The maximum atomic E-state index is 11.7. The van der Waals surface area contributed by atoms with Crippen molar-refractivity contribution in [2.45, 2.75) is 45.0 Å². The highest BCUT2D eigenvalue weighted by Gasteiger charge is 2.26. The van der Waals surface area contributed by atoms with Crippen LogP contribution < -0.4 is 0 Å². The van der Waals surface area contributed by atoms with E-state index in [1.54, 1.807) is 0 Å². The van der Waals surface area contributed by atoms with Gasteiger partial charge < -0.3 is 4.74 Å². The SMILES string of the molecule is CC(=O)C(CC(=O)OC(C)(C)C)[SH]1C=CC=C1. The van der Waals surface area contributed by atoms with Gasteiger partial charge in [-0.25, -0.2) is 10.9 Å². The van der Waals surface area contributed by atoms with Gasteiger partial charge in [0.1, 0.15) is 11.4 Å². The zero-order valence-corrected chi connectivity index (χ0v) is 11.7. The van der Waals surface area contributed by atoms with Gasteiger partial charge in [-0.05, 0) is 38.5 Å². The second-order valence-electron chi connectivity index (χ2n) is 5.05. The summed E-state index contributed by atoms with van der Waals surface area (Å²) in [4.78, 5) is 23.3. The van der Waals surface area contributed by atoms with Crippen molar-refractivity contribution in [2.24, 2.45) is 0 Å². The van der Waals surface area contributed by atoms with Crippen LogP contribution in [0.4, 0.5) is 0 Å². The molecular weight excluding hydrogens is 236 g/mol. The van der Waals surface area contributed by atoms with Gasteiger partial charge in [0.05, 0.1) is 11.7 Å². The van der Waals surface area contributed by atoms with Crippen molar-refractivity contribution in [3.05, 3.63) is 23.0 Å². The van der Waals surface area contributed by atoms with Crippen LogP contribution in [0, 0.1) is 0 Å². The molecule has 0 bridgehead atoms. The highest BCUT2D eigenvalue weighted by atomic mass is 32.2. The molecule has 17 heavy (non-hydrogen) atoms. The molecule has 1 unspecified atom stereocenters. The second-order valence-corrected chi connectivity index (χ2v) is 7.16. The largest absolute Gasteiger partial charge is 0.460 e. The number of esters is 1. The van der Waals surface area contributed by atoms with Crippen LogP contribution in [-0.2, 0) is 14.3 Å². The van der Waals surface area contributed by atoms with Crippen molar-refractivity contribution in [3.63, 3.8) is 0 Å². The maximum absolute atomic E-state index is 11.7. The molecule has 0 N–H and O–H groups in total. The van der Waals surface area contributed by atoms with Gasteiger partial charge in [-0.2, -0.15) is 0 Å². The topological polar surface area (TPSA) is 43.4 Å². The van der Waals surface area contributed by atoms with E-state index in [1.807, 2.05) is 43.7 Å². The lowest BCUT2D eigenvalue weighted by Gasteiger charge is -2.24. The number of Topliss-reactive ketones (excluding diaryl/α,β-unsaturated/α-hetero) is 1. The van der Waals surface area contributed by atoms with Crippen LogP contribution in [-0.4, -0.2) is 22.6 Å². The predicted octanol–water partition coefficient (Wildman–Crippen LogP) is 2.72. The van der Waals surface area contributed by atoms with Gasteiger partial charge in [0.15, 0.2) is 0 Å². The van der Waals surface area contributed by atoms with E-state index in [0.717, 1.165) is 0 Å². The van der Waals surface area contributed by atoms with Crippen molar-refractivity contribution in [2.75, 3.05) is 0 Å². The number of ketones is 1. The first-order valence-electron chi connectivity index (χ1n) is 5.64. The van der Waals surface area contributed by atoms with E-state index in [2.05, 4.69) is 0 Å². The average Bonchev–Trinajstić information content (AvgIpc) is 2.63. The zero-order valence-electron chi connectivity index (χ0n) is 10.8. The summed E-state index contributed by atoms with van der Waals surface area (Å²) in [5.74, 6) is -0.243. The molecule has 3 nitrogen and oxygen atoms in total. The van der Waals surface area contributed by atoms with Gasteiger partial charge in [0, 0.05) is 0 Å². The summed E-state index contributed by atoms with van der Waals surface area (Å²) < 4.78 is 5.25. The molecule has 1 heterocycles. The standard InChI is InChI=1S/C13H20O3S/c1-10(14)11(17-7-5-6-8-17)9-12(15)16-13(2,3)4/h5-8,11,17H,9H2,1-4H3. The Morgan fingerprint density at radius 3 is 2.18 bits per heavy atom. The second kappa shape index (κ2) is 5.54. The van der Waals surface area contributed by atoms with Crippen LogP contribution in [0.1, 0.15) is 34.1 Å². The summed E-state index contributed by atoms with van der Waals surface area (Å²) in [6.07, 6.45) is 4.03. The number of ether oxygens (including phenoxy) is 1. The molecule has 0 aliphatic carbocycles. The third-order valence-corrected chi connectivity index (χ3v) is 4.54. The lowest BCUT2D eigenvalue weighted by atomic mass is 10.2.